The third kappa shape index (κ3) is 2.91. The number of rotatable bonds is 2. The molecule has 0 unspecified atom stereocenters. The predicted octanol–water partition coefficient (Wildman–Crippen LogP) is 4.33. The molecule has 2 aromatic carbocycles. The molecule has 0 saturated carbocycles. The minimum Gasteiger partial charge on any atom is -0.507 e. The zero-order valence-electron chi connectivity index (χ0n) is 11.1. The van der Waals surface area contributed by atoms with Gasteiger partial charge >= 0.3 is 0 Å². The molecule has 0 spiro atoms. The van der Waals surface area contributed by atoms with Crippen molar-refractivity contribution in [2.24, 2.45) is 0 Å². The van der Waals surface area contributed by atoms with Gasteiger partial charge in [0, 0.05) is 5.56 Å². The van der Waals surface area contributed by atoms with Crippen LogP contribution >= 0.6 is 27.3 Å². The number of hydrogen-bond acceptors (Lipinski definition) is 4. The summed E-state index contributed by atoms with van der Waals surface area (Å²) in [5, 5.41) is 12.9. The van der Waals surface area contributed by atoms with E-state index in [2.05, 4.69) is 26.2 Å². The van der Waals surface area contributed by atoms with Crippen LogP contribution in [0.2, 0.25) is 0 Å². The van der Waals surface area contributed by atoms with E-state index < -0.39 is 0 Å². The van der Waals surface area contributed by atoms with Crippen molar-refractivity contribution in [1.29, 1.82) is 0 Å². The molecule has 0 fully saturated rings. The highest BCUT2D eigenvalue weighted by Crippen LogP contribution is 2.28. The first-order valence-electron chi connectivity index (χ1n) is 6.20. The van der Waals surface area contributed by atoms with Crippen LogP contribution in [-0.4, -0.2) is 16.0 Å². The van der Waals surface area contributed by atoms with Gasteiger partial charge in [0.25, 0.3) is 5.91 Å². The van der Waals surface area contributed by atoms with Gasteiger partial charge in [-0.2, -0.15) is 0 Å². The van der Waals surface area contributed by atoms with Crippen LogP contribution in [0, 0.1) is 6.92 Å². The molecule has 21 heavy (non-hydrogen) atoms. The third-order valence-corrected chi connectivity index (χ3v) is 4.58. The van der Waals surface area contributed by atoms with Gasteiger partial charge in [-0.15, -0.1) is 0 Å². The number of fused-ring (bicyclic) bond motifs is 1. The number of halogens is 1. The van der Waals surface area contributed by atoms with Gasteiger partial charge in [-0.3, -0.25) is 10.1 Å². The molecule has 3 aromatic rings. The average molecular weight is 363 g/mol. The molecule has 0 aliphatic heterocycles. The van der Waals surface area contributed by atoms with Crippen molar-refractivity contribution in [1.82, 2.24) is 4.98 Å². The SMILES string of the molecule is Cc1ccc2nc(NC(=O)c3ccc(Br)c(O)c3)sc2c1. The molecule has 4 nitrogen and oxygen atoms in total. The maximum absolute atomic E-state index is 12.2. The van der Waals surface area contributed by atoms with Crippen LogP contribution in [-0.2, 0) is 0 Å². The Balaban J connectivity index is 1.87. The van der Waals surface area contributed by atoms with Crippen molar-refractivity contribution in [2.75, 3.05) is 5.32 Å². The van der Waals surface area contributed by atoms with Gasteiger partial charge in [-0.25, -0.2) is 4.98 Å². The highest BCUT2D eigenvalue weighted by atomic mass is 79.9. The fourth-order valence-corrected chi connectivity index (χ4v) is 3.11. The smallest absolute Gasteiger partial charge is 0.257 e. The maximum Gasteiger partial charge on any atom is 0.257 e. The van der Waals surface area contributed by atoms with E-state index >= 15 is 0 Å². The number of hydrogen-bond donors (Lipinski definition) is 2. The normalized spacial score (nSPS) is 10.8. The largest absolute Gasteiger partial charge is 0.507 e. The van der Waals surface area contributed by atoms with Gasteiger partial charge in [0.05, 0.1) is 14.7 Å². The van der Waals surface area contributed by atoms with E-state index in [4.69, 9.17) is 0 Å². The van der Waals surface area contributed by atoms with Gasteiger partial charge in [0.2, 0.25) is 0 Å². The molecule has 2 N–H and O–H groups in total. The molecule has 3 rings (SSSR count). The lowest BCUT2D eigenvalue weighted by molar-refractivity contribution is 0.102. The Hall–Kier alpha value is -1.92. The van der Waals surface area contributed by atoms with Crippen LogP contribution in [0.3, 0.4) is 0 Å². The number of phenolic OH excluding ortho intramolecular Hbond substituents is 1. The quantitative estimate of drug-likeness (QED) is 0.713. The summed E-state index contributed by atoms with van der Waals surface area (Å²) < 4.78 is 1.58. The number of phenols is 1. The Bertz CT molecular complexity index is 845. The van der Waals surface area contributed by atoms with Gasteiger partial charge in [-0.05, 0) is 58.7 Å². The number of carbonyl (C=O) groups excluding carboxylic acids is 1. The van der Waals surface area contributed by atoms with E-state index in [9.17, 15) is 9.90 Å². The van der Waals surface area contributed by atoms with Crippen LogP contribution in [0.5, 0.6) is 5.75 Å². The lowest BCUT2D eigenvalue weighted by Crippen LogP contribution is -2.11. The van der Waals surface area contributed by atoms with Crippen molar-refractivity contribution in [3.8, 4) is 5.75 Å². The second-order valence-electron chi connectivity index (χ2n) is 4.61. The van der Waals surface area contributed by atoms with E-state index in [1.165, 1.54) is 17.4 Å². The summed E-state index contributed by atoms with van der Waals surface area (Å²) in [6.07, 6.45) is 0. The Kier molecular flexibility index (Phi) is 3.65. The number of aryl methyl sites for hydroxylation is 1. The third-order valence-electron chi connectivity index (χ3n) is 2.97. The van der Waals surface area contributed by atoms with Crippen molar-refractivity contribution < 1.29 is 9.90 Å². The van der Waals surface area contributed by atoms with E-state index in [1.54, 1.807) is 12.1 Å². The van der Waals surface area contributed by atoms with Gasteiger partial charge in [-0.1, -0.05) is 17.4 Å². The second-order valence-corrected chi connectivity index (χ2v) is 6.50. The van der Waals surface area contributed by atoms with Crippen LogP contribution in [0.1, 0.15) is 15.9 Å². The fourth-order valence-electron chi connectivity index (χ4n) is 1.91. The van der Waals surface area contributed by atoms with Crippen LogP contribution in [0.4, 0.5) is 5.13 Å². The zero-order valence-corrected chi connectivity index (χ0v) is 13.5. The number of nitrogens with zero attached hydrogens (tertiary/aromatic N) is 1. The number of amides is 1. The summed E-state index contributed by atoms with van der Waals surface area (Å²) in [6.45, 7) is 2.02. The maximum atomic E-state index is 12.2. The zero-order chi connectivity index (χ0) is 15.0. The van der Waals surface area contributed by atoms with Gasteiger partial charge in [0.15, 0.2) is 5.13 Å². The summed E-state index contributed by atoms with van der Waals surface area (Å²) in [6, 6.07) is 10.6. The van der Waals surface area contributed by atoms with Crippen molar-refractivity contribution >= 4 is 48.5 Å². The predicted molar refractivity (Wildman–Crippen MR) is 88.1 cm³/mol. The molecule has 1 aromatic heterocycles. The number of benzene rings is 2. The Morgan fingerprint density at radius 1 is 1.29 bits per heavy atom. The highest BCUT2D eigenvalue weighted by molar-refractivity contribution is 9.10. The molecule has 0 aliphatic rings. The van der Waals surface area contributed by atoms with Crippen molar-refractivity contribution in [3.05, 3.63) is 52.0 Å². The standard InChI is InChI=1S/C15H11BrN2O2S/c1-8-2-5-11-13(6-8)21-15(17-11)18-14(20)9-3-4-10(16)12(19)7-9/h2-7,19H,1H3,(H,17,18,20). The monoisotopic (exact) mass is 362 g/mol. The minimum absolute atomic E-state index is 0.0302. The fraction of sp³-hybridized carbons (Fsp3) is 0.0667. The molecule has 0 aliphatic carbocycles. The van der Waals surface area contributed by atoms with E-state index in [0.29, 0.717) is 15.2 Å². The summed E-state index contributed by atoms with van der Waals surface area (Å²) >= 11 is 4.61. The molecular formula is C15H11BrN2O2S. The average Bonchev–Trinajstić information content (AvgIpc) is 2.83. The molecule has 6 heteroatoms. The molecule has 106 valence electrons. The van der Waals surface area contributed by atoms with Crippen molar-refractivity contribution in [3.63, 3.8) is 0 Å². The number of nitrogens with one attached hydrogen (secondary N) is 1. The van der Waals surface area contributed by atoms with Crippen LogP contribution in [0.15, 0.2) is 40.9 Å². The van der Waals surface area contributed by atoms with Crippen LogP contribution < -0.4 is 5.32 Å². The first kappa shape index (κ1) is 14.0. The van der Waals surface area contributed by atoms with Gasteiger partial charge < -0.3 is 5.11 Å². The van der Waals surface area contributed by atoms with Crippen LogP contribution in [0.25, 0.3) is 10.2 Å². The minimum atomic E-state index is -0.298. The number of aromatic nitrogens is 1. The number of anilines is 1. The lowest BCUT2D eigenvalue weighted by Gasteiger charge is -2.03. The van der Waals surface area contributed by atoms with E-state index in [1.807, 2.05) is 25.1 Å². The molecule has 0 radical (unpaired) electrons. The topological polar surface area (TPSA) is 62.2 Å². The number of aromatic hydroxyl groups is 1. The second kappa shape index (κ2) is 5.46. The van der Waals surface area contributed by atoms with E-state index in [0.717, 1.165) is 15.8 Å². The lowest BCUT2D eigenvalue weighted by atomic mass is 10.2. The molecule has 1 amide bonds. The first-order valence-corrected chi connectivity index (χ1v) is 7.81. The molecule has 0 saturated heterocycles. The molecule has 0 bridgehead atoms. The first-order chi connectivity index (χ1) is 10.0. The number of carbonyl (C=O) groups is 1. The summed E-state index contributed by atoms with van der Waals surface area (Å²) in [5.74, 6) is -0.267. The Labute approximate surface area is 133 Å². The molecular weight excluding hydrogens is 352 g/mol. The number of thiazole rings is 1. The van der Waals surface area contributed by atoms with E-state index in [-0.39, 0.29) is 11.7 Å². The highest BCUT2D eigenvalue weighted by Gasteiger charge is 2.11. The molecule has 0 atom stereocenters. The summed E-state index contributed by atoms with van der Waals surface area (Å²) in [5.41, 5.74) is 2.40. The summed E-state index contributed by atoms with van der Waals surface area (Å²) in [4.78, 5) is 16.5. The van der Waals surface area contributed by atoms with Crippen molar-refractivity contribution in [2.45, 2.75) is 6.92 Å². The van der Waals surface area contributed by atoms with Gasteiger partial charge in [0.1, 0.15) is 5.75 Å². The Morgan fingerprint density at radius 3 is 2.86 bits per heavy atom. The summed E-state index contributed by atoms with van der Waals surface area (Å²) in [7, 11) is 0. The Morgan fingerprint density at radius 2 is 2.10 bits per heavy atom. The molecule has 1 heterocycles.